The Morgan fingerprint density at radius 3 is 2.62 bits per heavy atom. The number of amides is 1. The molecule has 1 atom stereocenters. The van der Waals surface area contributed by atoms with Gasteiger partial charge in [-0.15, -0.1) is 11.8 Å². The van der Waals surface area contributed by atoms with E-state index in [2.05, 4.69) is 35.6 Å². The molecule has 0 aromatic heterocycles. The quantitative estimate of drug-likeness (QED) is 0.846. The minimum Gasteiger partial charge on any atom is -0.481 e. The predicted molar refractivity (Wildman–Crippen MR) is 96.0 cm³/mol. The summed E-state index contributed by atoms with van der Waals surface area (Å²) >= 11 is 1.12. The average Bonchev–Trinajstić information content (AvgIpc) is 2.97. The fourth-order valence-corrected chi connectivity index (χ4v) is 3.57. The number of aliphatic carboxylic acids is 1. The van der Waals surface area contributed by atoms with E-state index in [1.54, 1.807) is 0 Å². The molecule has 1 amide bonds. The average molecular weight is 341 g/mol. The number of nitrogens with one attached hydrogen (secondary N) is 1. The molecule has 2 N–H and O–H groups in total. The topological polar surface area (TPSA) is 66.4 Å². The lowest BCUT2D eigenvalue weighted by atomic mass is 9.99. The first-order valence-corrected chi connectivity index (χ1v) is 9.06. The highest BCUT2D eigenvalue weighted by Crippen LogP contribution is 2.34. The maximum atomic E-state index is 12.0. The van der Waals surface area contributed by atoms with Gasteiger partial charge in [0, 0.05) is 0 Å². The summed E-state index contributed by atoms with van der Waals surface area (Å²) in [5, 5.41) is 11.7. The smallest absolute Gasteiger partial charge is 0.313 e. The van der Waals surface area contributed by atoms with Crippen LogP contribution >= 0.6 is 11.8 Å². The van der Waals surface area contributed by atoms with Crippen molar-refractivity contribution >= 4 is 23.6 Å². The van der Waals surface area contributed by atoms with E-state index in [-0.39, 0.29) is 23.5 Å². The maximum Gasteiger partial charge on any atom is 0.313 e. The molecule has 5 heteroatoms. The molecule has 24 heavy (non-hydrogen) atoms. The molecular weight excluding hydrogens is 322 g/mol. The monoisotopic (exact) mass is 341 g/mol. The summed E-state index contributed by atoms with van der Waals surface area (Å²) in [5.41, 5.74) is 4.76. The molecule has 0 fully saturated rings. The summed E-state index contributed by atoms with van der Waals surface area (Å²) in [7, 11) is 0. The summed E-state index contributed by atoms with van der Waals surface area (Å²) in [4.78, 5) is 22.5. The van der Waals surface area contributed by atoms with Gasteiger partial charge in [0.2, 0.25) is 5.91 Å². The number of hydrogen-bond donors (Lipinski definition) is 2. The second-order valence-corrected chi connectivity index (χ2v) is 6.81. The van der Waals surface area contributed by atoms with Crippen LogP contribution in [0, 0.1) is 0 Å². The lowest BCUT2D eigenvalue weighted by Crippen LogP contribution is -2.29. The molecule has 0 saturated carbocycles. The number of rotatable bonds is 6. The van der Waals surface area contributed by atoms with Crippen molar-refractivity contribution in [3.05, 3.63) is 59.7 Å². The third kappa shape index (κ3) is 3.97. The van der Waals surface area contributed by atoms with Crippen molar-refractivity contribution in [2.75, 3.05) is 11.5 Å². The van der Waals surface area contributed by atoms with Crippen LogP contribution in [0.1, 0.15) is 23.6 Å². The van der Waals surface area contributed by atoms with Gasteiger partial charge in [0.05, 0.1) is 17.5 Å². The van der Waals surface area contributed by atoms with Crippen molar-refractivity contribution in [1.82, 2.24) is 5.32 Å². The standard InChI is InChI=1S/C19H19NO3S/c21-18(11-24-12-19(22)23)20-17-9-8-14-6-7-15(10-16(14)17)13-4-2-1-3-5-13/h1-7,10,17H,8-9,11-12H2,(H,20,21)(H,22,23). The lowest BCUT2D eigenvalue weighted by Gasteiger charge is -2.15. The summed E-state index contributed by atoms with van der Waals surface area (Å²) < 4.78 is 0. The van der Waals surface area contributed by atoms with Gasteiger partial charge in [-0.05, 0) is 41.2 Å². The minimum atomic E-state index is -0.897. The van der Waals surface area contributed by atoms with Crippen molar-refractivity contribution in [3.63, 3.8) is 0 Å². The third-order valence-electron chi connectivity index (χ3n) is 4.12. The van der Waals surface area contributed by atoms with E-state index in [4.69, 9.17) is 5.11 Å². The van der Waals surface area contributed by atoms with Crippen molar-refractivity contribution in [3.8, 4) is 11.1 Å². The lowest BCUT2D eigenvalue weighted by molar-refractivity contribution is -0.133. The van der Waals surface area contributed by atoms with E-state index in [9.17, 15) is 9.59 Å². The Kier molecular flexibility index (Phi) is 5.20. The fraction of sp³-hybridized carbons (Fsp3) is 0.263. The Balaban J connectivity index is 1.69. The van der Waals surface area contributed by atoms with Gasteiger partial charge < -0.3 is 10.4 Å². The van der Waals surface area contributed by atoms with Crippen LogP contribution in [0.4, 0.5) is 0 Å². The molecule has 0 spiro atoms. The molecule has 0 bridgehead atoms. The number of carbonyl (C=O) groups is 2. The number of hydrogen-bond acceptors (Lipinski definition) is 3. The number of carboxylic acids is 1. The van der Waals surface area contributed by atoms with Gasteiger partial charge in [-0.25, -0.2) is 0 Å². The van der Waals surface area contributed by atoms with E-state index >= 15 is 0 Å². The molecule has 4 nitrogen and oxygen atoms in total. The number of fused-ring (bicyclic) bond motifs is 1. The van der Waals surface area contributed by atoms with Crippen LogP contribution < -0.4 is 5.32 Å². The highest BCUT2D eigenvalue weighted by molar-refractivity contribution is 8.00. The molecule has 124 valence electrons. The summed E-state index contributed by atoms with van der Waals surface area (Å²) in [6.07, 6.45) is 1.85. The first-order valence-electron chi connectivity index (χ1n) is 7.90. The largest absolute Gasteiger partial charge is 0.481 e. The Morgan fingerprint density at radius 2 is 1.88 bits per heavy atom. The molecule has 1 unspecified atom stereocenters. The molecule has 3 rings (SSSR count). The van der Waals surface area contributed by atoms with Crippen LogP contribution in [0.25, 0.3) is 11.1 Å². The number of carboxylic acid groups (broad SMARTS) is 1. The van der Waals surface area contributed by atoms with E-state index in [1.807, 2.05) is 18.2 Å². The SMILES string of the molecule is O=C(O)CSCC(=O)NC1CCc2ccc(-c3ccccc3)cc21. The van der Waals surface area contributed by atoms with Gasteiger partial charge in [0.15, 0.2) is 0 Å². The van der Waals surface area contributed by atoms with E-state index in [1.165, 1.54) is 11.1 Å². The van der Waals surface area contributed by atoms with E-state index in [0.717, 1.165) is 35.7 Å². The van der Waals surface area contributed by atoms with Crippen LogP contribution in [-0.4, -0.2) is 28.5 Å². The maximum absolute atomic E-state index is 12.0. The Morgan fingerprint density at radius 1 is 1.08 bits per heavy atom. The number of carbonyl (C=O) groups excluding carboxylic acids is 1. The van der Waals surface area contributed by atoms with E-state index in [0.29, 0.717) is 0 Å². The second-order valence-electron chi connectivity index (χ2n) is 5.82. The fourth-order valence-electron chi connectivity index (χ4n) is 3.03. The van der Waals surface area contributed by atoms with Crippen molar-refractivity contribution in [1.29, 1.82) is 0 Å². The van der Waals surface area contributed by atoms with Crippen LogP contribution in [0.3, 0.4) is 0 Å². The molecular formula is C19H19NO3S. The van der Waals surface area contributed by atoms with Crippen LogP contribution in [0.5, 0.6) is 0 Å². The van der Waals surface area contributed by atoms with Gasteiger partial charge in [-0.1, -0.05) is 42.5 Å². The molecule has 0 radical (unpaired) electrons. The van der Waals surface area contributed by atoms with Crippen LogP contribution in [0.15, 0.2) is 48.5 Å². The summed E-state index contributed by atoms with van der Waals surface area (Å²) in [5.74, 6) is -0.876. The Labute approximate surface area is 145 Å². The number of benzene rings is 2. The zero-order valence-electron chi connectivity index (χ0n) is 13.2. The van der Waals surface area contributed by atoms with Gasteiger partial charge in [-0.2, -0.15) is 0 Å². The summed E-state index contributed by atoms with van der Waals surface area (Å²) in [6.45, 7) is 0. The molecule has 2 aromatic carbocycles. The zero-order valence-corrected chi connectivity index (χ0v) is 14.0. The molecule has 0 saturated heterocycles. The first kappa shape index (κ1) is 16.6. The third-order valence-corrected chi connectivity index (χ3v) is 5.04. The number of thioether (sulfide) groups is 1. The van der Waals surface area contributed by atoms with Gasteiger partial charge in [0.1, 0.15) is 0 Å². The van der Waals surface area contributed by atoms with Crippen molar-refractivity contribution in [2.24, 2.45) is 0 Å². The van der Waals surface area contributed by atoms with Crippen molar-refractivity contribution < 1.29 is 14.7 Å². The number of aryl methyl sites for hydroxylation is 1. The Hall–Kier alpha value is -2.27. The zero-order chi connectivity index (χ0) is 16.9. The van der Waals surface area contributed by atoms with E-state index < -0.39 is 5.97 Å². The van der Waals surface area contributed by atoms with Gasteiger partial charge >= 0.3 is 5.97 Å². The normalized spacial score (nSPS) is 15.8. The van der Waals surface area contributed by atoms with Gasteiger partial charge in [-0.3, -0.25) is 9.59 Å². The van der Waals surface area contributed by atoms with Crippen molar-refractivity contribution in [2.45, 2.75) is 18.9 Å². The second kappa shape index (κ2) is 7.53. The minimum absolute atomic E-state index is 0.0154. The molecule has 2 aromatic rings. The highest BCUT2D eigenvalue weighted by atomic mass is 32.2. The highest BCUT2D eigenvalue weighted by Gasteiger charge is 2.24. The molecule has 0 aliphatic heterocycles. The predicted octanol–water partition coefficient (Wildman–Crippen LogP) is 3.27. The molecule has 0 heterocycles. The Bertz CT molecular complexity index is 746. The molecule has 1 aliphatic carbocycles. The van der Waals surface area contributed by atoms with Crippen LogP contribution in [-0.2, 0) is 16.0 Å². The molecule has 1 aliphatic rings. The van der Waals surface area contributed by atoms with Crippen LogP contribution in [0.2, 0.25) is 0 Å². The summed E-state index contributed by atoms with van der Waals surface area (Å²) in [6, 6.07) is 16.6. The first-order chi connectivity index (χ1) is 11.6. The van der Waals surface area contributed by atoms with Gasteiger partial charge in [0.25, 0.3) is 0 Å².